The fourth-order valence-electron chi connectivity index (χ4n) is 1.70. The van der Waals surface area contributed by atoms with Crippen LogP contribution in [0.2, 0.25) is 0 Å². The lowest BCUT2D eigenvalue weighted by Gasteiger charge is -2.31. The topological polar surface area (TPSA) is 75.7 Å². The van der Waals surface area contributed by atoms with Gasteiger partial charge >= 0.3 is 5.97 Å². The summed E-state index contributed by atoms with van der Waals surface area (Å²) in [5.41, 5.74) is 0. The van der Waals surface area contributed by atoms with Gasteiger partial charge in [-0.15, -0.1) is 0 Å². The average Bonchev–Trinajstić information content (AvgIpc) is 2.25. The largest absolute Gasteiger partial charge is 0.466 e. The number of piperazine rings is 1. The molecule has 6 nitrogen and oxygen atoms in total. The molecule has 96 valence electrons. The predicted molar refractivity (Wildman–Crippen MR) is 60.3 cm³/mol. The number of carbonyl (C=O) groups excluding carboxylic acids is 3. The van der Waals surface area contributed by atoms with E-state index < -0.39 is 5.97 Å². The molecule has 17 heavy (non-hydrogen) atoms. The van der Waals surface area contributed by atoms with Crippen LogP contribution in [0.15, 0.2) is 0 Å². The summed E-state index contributed by atoms with van der Waals surface area (Å²) in [5, 5.41) is 2.71. The van der Waals surface area contributed by atoms with Gasteiger partial charge in [-0.05, 0) is 13.8 Å². The molecule has 0 spiro atoms. The first-order valence-corrected chi connectivity index (χ1v) is 5.73. The summed E-state index contributed by atoms with van der Waals surface area (Å²) in [6, 6.07) is -0.324. The Hall–Kier alpha value is -1.43. The minimum Gasteiger partial charge on any atom is -0.466 e. The Kier molecular flexibility index (Phi) is 5.09. The molecule has 1 fully saturated rings. The molecule has 6 heteroatoms. The Morgan fingerprint density at radius 2 is 2.24 bits per heavy atom. The number of carbonyl (C=O) groups is 3. The highest BCUT2D eigenvalue weighted by Gasteiger charge is 2.27. The van der Waals surface area contributed by atoms with Crippen LogP contribution in [0.1, 0.15) is 20.3 Å². The Bertz CT molecular complexity index is 317. The zero-order valence-electron chi connectivity index (χ0n) is 10.2. The van der Waals surface area contributed by atoms with Gasteiger partial charge in [0.15, 0.2) is 5.78 Å². The summed E-state index contributed by atoms with van der Waals surface area (Å²) < 4.78 is 4.69. The number of esters is 1. The first-order valence-electron chi connectivity index (χ1n) is 5.73. The number of ether oxygens (including phenoxy) is 1. The molecule has 1 rings (SSSR count). The Labute approximate surface area is 100 Å². The Morgan fingerprint density at radius 3 is 2.88 bits per heavy atom. The van der Waals surface area contributed by atoms with Crippen LogP contribution in [0, 0.1) is 0 Å². The van der Waals surface area contributed by atoms with Crippen LogP contribution < -0.4 is 5.32 Å². The maximum atomic E-state index is 11.6. The van der Waals surface area contributed by atoms with Gasteiger partial charge in [0.25, 0.3) is 0 Å². The molecule has 0 radical (unpaired) electrons. The molecular formula is C11H18N2O4. The molecular weight excluding hydrogens is 224 g/mol. The summed E-state index contributed by atoms with van der Waals surface area (Å²) >= 11 is 0. The third kappa shape index (κ3) is 4.14. The molecule has 1 N–H and O–H groups in total. The summed E-state index contributed by atoms with van der Waals surface area (Å²) in [7, 11) is 0. The van der Waals surface area contributed by atoms with E-state index in [1.807, 2.05) is 0 Å². The Balaban J connectivity index is 2.40. The van der Waals surface area contributed by atoms with Gasteiger partial charge in [0.2, 0.25) is 5.91 Å². The van der Waals surface area contributed by atoms with Crippen LogP contribution in [-0.4, -0.2) is 54.8 Å². The Morgan fingerprint density at radius 1 is 1.53 bits per heavy atom. The monoisotopic (exact) mass is 242 g/mol. The second kappa shape index (κ2) is 6.34. The molecule has 1 unspecified atom stereocenters. The lowest BCUT2D eigenvalue weighted by molar-refractivity contribution is -0.145. The quantitative estimate of drug-likeness (QED) is 0.511. The SMILES string of the molecule is CCOC(=O)CC(=O)CN1CCNC(=O)C1C. The number of hydrogen-bond donors (Lipinski definition) is 1. The van der Waals surface area contributed by atoms with Gasteiger partial charge in [0.1, 0.15) is 6.42 Å². The minimum atomic E-state index is -0.508. The predicted octanol–water partition coefficient (Wildman–Crippen LogP) is -0.671. The van der Waals surface area contributed by atoms with Crippen molar-refractivity contribution in [1.82, 2.24) is 10.2 Å². The number of amides is 1. The highest BCUT2D eigenvalue weighted by molar-refractivity contribution is 5.97. The fraction of sp³-hybridized carbons (Fsp3) is 0.727. The van der Waals surface area contributed by atoms with E-state index in [-0.39, 0.29) is 37.3 Å². The minimum absolute atomic E-state index is 0.0832. The summed E-state index contributed by atoms with van der Waals surface area (Å²) in [6.45, 7) is 4.99. The molecule has 1 aliphatic heterocycles. The fourth-order valence-corrected chi connectivity index (χ4v) is 1.70. The highest BCUT2D eigenvalue weighted by Crippen LogP contribution is 2.04. The van der Waals surface area contributed by atoms with E-state index in [0.717, 1.165) is 0 Å². The maximum absolute atomic E-state index is 11.6. The van der Waals surface area contributed by atoms with Crippen LogP contribution in [-0.2, 0) is 19.1 Å². The molecule has 1 amide bonds. The van der Waals surface area contributed by atoms with Crippen LogP contribution in [0.25, 0.3) is 0 Å². The summed E-state index contributed by atoms with van der Waals surface area (Å²) in [6.07, 6.45) is -0.224. The van der Waals surface area contributed by atoms with Gasteiger partial charge in [-0.1, -0.05) is 0 Å². The van der Waals surface area contributed by atoms with Crippen molar-refractivity contribution in [2.24, 2.45) is 0 Å². The molecule has 0 aromatic rings. The number of rotatable bonds is 5. The van der Waals surface area contributed by atoms with Crippen molar-refractivity contribution in [3.05, 3.63) is 0 Å². The van der Waals surface area contributed by atoms with Crippen LogP contribution >= 0.6 is 0 Å². The van der Waals surface area contributed by atoms with Gasteiger partial charge in [0, 0.05) is 13.1 Å². The third-order valence-corrected chi connectivity index (χ3v) is 2.65. The lowest BCUT2D eigenvalue weighted by atomic mass is 10.1. The van der Waals surface area contributed by atoms with Crippen LogP contribution in [0.3, 0.4) is 0 Å². The normalized spacial score (nSPS) is 20.8. The van der Waals surface area contributed by atoms with E-state index in [0.29, 0.717) is 13.1 Å². The standard InChI is InChI=1S/C11H18N2O4/c1-3-17-10(15)6-9(14)7-13-5-4-12-11(16)8(13)2/h8H,3-7H2,1-2H3,(H,12,16). The van der Waals surface area contributed by atoms with Crippen molar-refractivity contribution in [2.75, 3.05) is 26.2 Å². The smallest absolute Gasteiger partial charge is 0.313 e. The van der Waals surface area contributed by atoms with Crippen molar-refractivity contribution in [2.45, 2.75) is 26.3 Å². The van der Waals surface area contributed by atoms with Gasteiger partial charge in [0.05, 0.1) is 19.2 Å². The molecule has 0 saturated carbocycles. The van der Waals surface area contributed by atoms with Crippen LogP contribution in [0.4, 0.5) is 0 Å². The average molecular weight is 242 g/mol. The van der Waals surface area contributed by atoms with Crippen molar-refractivity contribution in [3.8, 4) is 0 Å². The van der Waals surface area contributed by atoms with Gasteiger partial charge < -0.3 is 10.1 Å². The van der Waals surface area contributed by atoms with E-state index in [1.165, 1.54) is 0 Å². The van der Waals surface area contributed by atoms with E-state index >= 15 is 0 Å². The van der Waals surface area contributed by atoms with E-state index in [2.05, 4.69) is 5.32 Å². The van der Waals surface area contributed by atoms with E-state index in [4.69, 9.17) is 4.74 Å². The highest BCUT2D eigenvalue weighted by atomic mass is 16.5. The van der Waals surface area contributed by atoms with Crippen molar-refractivity contribution >= 4 is 17.7 Å². The van der Waals surface area contributed by atoms with Crippen LogP contribution in [0.5, 0.6) is 0 Å². The molecule has 0 aromatic heterocycles. The van der Waals surface area contributed by atoms with E-state index in [9.17, 15) is 14.4 Å². The molecule has 0 aromatic carbocycles. The molecule has 1 atom stereocenters. The van der Waals surface area contributed by atoms with Crippen molar-refractivity contribution in [1.29, 1.82) is 0 Å². The van der Waals surface area contributed by atoms with Gasteiger partial charge in [-0.2, -0.15) is 0 Å². The number of Topliss-reactive ketones (excluding diaryl/α,β-unsaturated/α-hetero) is 1. The third-order valence-electron chi connectivity index (χ3n) is 2.65. The van der Waals surface area contributed by atoms with Crippen molar-refractivity contribution < 1.29 is 19.1 Å². The number of nitrogens with one attached hydrogen (secondary N) is 1. The zero-order valence-corrected chi connectivity index (χ0v) is 10.2. The summed E-state index contributed by atoms with van der Waals surface area (Å²) in [5.74, 6) is -0.809. The molecule has 1 heterocycles. The second-order valence-corrected chi connectivity index (χ2v) is 3.96. The first kappa shape index (κ1) is 13.6. The molecule has 0 bridgehead atoms. The number of nitrogens with zero attached hydrogens (tertiary/aromatic N) is 1. The van der Waals surface area contributed by atoms with Crippen molar-refractivity contribution in [3.63, 3.8) is 0 Å². The zero-order chi connectivity index (χ0) is 12.8. The molecule has 1 aliphatic rings. The van der Waals surface area contributed by atoms with E-state index in [1.54, 1.807) is 18.7 Å². The molecule has 1 saturated heterocycles. The number of ketones is 1. The summed E-state index contributed by atoms with van der Waals surface area (Å²) in [4.78, 5) is 35.8. The number of hydrogen-bond acceptors (Lipinski definition) is 5. The second-order valence-electron chi connectivity index (χ2n) is 3.96. The van der Waals surface area contributed by atoms with Gasteiger partial charge in [-0.3, -0.25) is 19.3 Å². The first-order chi connectivity index (χ1) is 8.04. The molecule has 0 aliphatic carbocycles. The lowest BCUT2D eigenvalue weighted by Crippen LogP contribution is -2.55. The maximum Gasteiger partial charge on any atom is 0.313 e. The van der Waals surface area contributed by atoms with Gasteiger partial charge in [-0.25, -0.2) is 0 Å².